The largest absolute Gasteiger partial charge is 0.0776 e. The third-order valence-corrected chi connectivity index (χ3v) is 4.92. The third-order valence-electron chi connectivity index (χ3n) is 4.92. The van der Waals surface area contributed by atoms with Crippen molar-refractivity contribution in [2.45, 2.75) is 60.8 Å². The Balaban J connectivity index is 2.23. The molecule has 0 amide bonds. The third kappa shape index (κ3) is 3.64. The SMILES string of the molecule is CCC(C)C(C)C(C)CCC(C)C1=CC1C. The Hall–Kier alpha value is -0.260. The lowest BCUT2D eigenvalue weighted by Crippen LogP contribution is -2.16. The average molecular weight is 222 g/mol. The van der Waals surface area contributed by atoms with E-state index in [0.29, 0.717) is 0 Å². The van der Waals surface area contributed by atoms with Gasteiger partial charge in [0.25, 0.3) is 0 Å². The Bertz CT molecular complexity index is 238. The molecule has 0 N–H and O–H groups in total. The van der Waals surface area contributed by atoms with Gasteiger partial charge in [-0.1, -0.05) is 59.6 Å². The van der Waals surface area contributed by atoms with E-state index in [1.165, 1.54) is 19.3 Å². The topological polar surface area (TPSA) is 0 Å². The van der Waals surface area contributed by atoms with E-state index in [-0.39, 0.29) is 0 Å². The molecule has 0 aromatic carbocycles. The van der Waals surface area contributed by atoms with Crippen molar-refractivity contribution in [2.24, 2.45) is 29.6 Å². The molecule has 0 heteroatoms. The molecule has 1 aliphatic carbocycles. The van der Waals surface area contributed by atoms with Crippen LogP contribution in [0, 0.1) is 29.6 Å². The van der Waals surface area contributed by atoms with Crippen LogP contribution in [0.3, 0.4) is 0 Å². The first kappa shape index (κ1) is 13.8. The van der Waals surface area contributed by atoms with Crippen molar-refractivity contribution in [3.8, 4) is 0 Å². The van der Waals surface area contributed by atoms with Gasteiger partial charge in [-0.15, -0.1) is 0 Å². The van der Waals surface area contributed by atoms with Gasteiger partial charge in [-0.3, -0.25) is 0 Å². The van der Waals surface area contributed by atoms with Crippen LogP contribution >= 0.6 is 0 Å². The number of hydrogen-bond donors (Lipinski definition) is 0. The van der Waals surface area contributed by atoms with E-state index >= 15 is 0 Å². The van der Waals surface area contributed by atoms with Crippen molar-refractivity contribution in [1.82, 2.24) is 0 Å². The molecule has 0 radical (unpaired) electrons. The average Bonchev–Trinajstić information content (AvgIpc) is 3.00. The van der Waals surface area contributed by atoms with Crippen molar-refractivity contribution in [2.75, 3.05) is 0 Å². The summed E-state index contributed by atoms with van der Waals surface area (Å²) in [5.41, 5.74) is 1.71. The molecule has 0 nitrogen and oxygen atoms in total. The van der Waals surface area contributed by atoms with Crippen LogP contribution < -0.4 is 0 Å². The van der Waals surface area contributed by atoms with Crippen LogP contribution in [0.5, 0.6) is 0 Å². The molecule has 0 saturated heterocycles. The minimum absolute atomic E-state index is 0.817. The van der Waals surface area contributed by atoms with Crippen LogP contribution in [-0.4, -0.2) is 0 Å². The molecule has 1 aliphatic rings. The fourth-order valence-electron chi connectivity index (χ4n) is 2.73. The maximum atomic E-state index is 2.44. The summed E-state index contributed by atoms with van der Waals surface area (Å²) >= 11 is 0. The van der Waals surface area contributed by atoms with Gasteiger partial charge in [0.2, 0.25) is 0 Å². The van der Waals surface area contributed by atoms with Crippen molar-refractivity contribution >= 4 is 0 Å². The fraction of sp³-hybridized carbons (Fsp3) is 0.875. The molecule has 5 unspecified atom stereocenters. The molecule has 0 aliphatic heterocycles. The van der Waals surface area contributed by atoms with Crippen LogP contribution in [0.25, 0.3) is 0 Å². The van der Waals surface area contributed by atoms with Gasteiger partial charge in [0.05, 0.1) is 0 Å². The highest BCUT2D eigenvalue weighted by molar-refractivity contribution is 5.29. The van der Waals surface area contributed by atoms with Gasteiger partial charge in [-0.25, -0.2) is 0 Å². The summed E-state index contributed by atoms with van der Waals surface area (Å²) in [4.78, 5) is 0. The predicted octanol–water partition coefficient (Wildman–Crippen LogP) is 5.30. The lowest BCUT2D eigenvalue weighted by molar-refractivity contribution is 0.251. The molecule has 5 atom stereocenters. The fourth-order valence-corrected chi connectivity index (χ4v) is 2.73. The summed E-state index contributed by atoms with van der Waals surface area (Å²) in [7, 11) is 0. The smallest absolute Gasteiger partial charge is 0.00458 e. The zero-order valence-electron chi connectivity index (χ0n) is 12.1. The first-order chi connectivity index (χ1) is 7.47. The van der Waals surface area contributed by atoms with Crippen LogP contribution in [0.1, 0.15) is 60.8 Å². The lowest BCUT2D eigenvalue weighted by Gasteiger charge is -2.26. The standard InChI is InChI=1S/C16H30/c1-7-11(2)15(6)12(3)8-9-13(4)16-10-14(16)5/h10-15H,7-9H2,1-6H3. The van der Waals surface area contributed by atoms with E-state index in [1.54, 1.807) is 5.57 Å². The van der Waals surface area contributed by atoms with Gasteiger partial charge in [0, 0.05) is 0 Å². The van der Waals surface area contributed by atoms with Crippen LogP contribution in [0.4, 0.5) is 0 Å². The highest BCUT2D eigenvalue weighted by atomic mass is 14.3. The monoisotopic (exact) mass is 222 g/mol. The van der Waals surface area contributed by atoms with Crippen LogP contribution in [0.15, 0.2) is 11.6 Å². The molecule has 0 aromatic rings. The van der Waals surface area contributed by atoms with Crippen molar-refractivity contribution in [3.63, 3.8) is 0 Å². The summed E-state index contributed by atoms with van der Waals surface area (Å²) in [5, 5.41) is 0. The van der Waals surface area contributed by atoms with Gasteiger partial charge in [-0.2, -0.15) is 0 Å². The molecule has 0 saturated carbocycles. The number of rotatable bonds is 7. The van der Waals surface area contributed by atoms with Crippen LogP contribution in [0.2, 0.25) is 0 Å². The number of hydrogen-bond acceptors (Lipinski definition) is 0. The molecule has 0 spiro atoms. The molecule has 0 heterocycles. The molecular weight excluding hydrogens is 192 g/mol. The highest BCUT2D eigenvalue weighted by Crippen LogP contribution is 2.38. The van der Waals surface area contributed by atoms with Crippen molar-refractivity contribution in [3.05, 3.63) is 11.6 Å². The molecule has 16 heavy (non-hydrogen) atoms. The van der Waals surface area contributed by atoms with E-state index in [4.69, 9.17) is 0 Å². The summed E-state index contributed by atoms with van der Waals surface area (Å²) < 4.78 is 0. The lowest BCUT2D eigenvalue weighted by atomic mass is 9.80. The summed E-state index contributed by atoms with van der Waals surface area (Å²) in [6.07, 6.45) is 6.53. The zero-order valence-corrected chi connectivity index (χ0v) is 12.1. The van der Waals surface area contributed by atoms with Gasteiger partial charge in [0.15, 0.2) is 0 Å². The zero-order chi connectivity index (χ0) is 12.3. The van der Waals surface area contributed by atoms with Gasteiger partial charge in [-0.05, 0) is 42.4 Å². The predicted molar refractivity (Wildman–Crippen MR) is 73.4 cm³/mol. The van der Waals surface area contributed by atoms with E-state index in [9.17, 15) is 0 Å². The molecule has 0 bridgehead atoms. The highest BCUT2D eigenvalue weighted by Gasteiger charge is 2.25. The summed E-state index contributed by atoms with van der Waals surface area (Å²) in [6.45, 7) is 14.3. The molecule has 1 rings (SSSR count). The Kier molecular flexibility index (Phi) is 5.08. The van der Waals surface area contributed by atoms with Gasteiger partial charge < -0.3 is 0 Å². The summed E-state index contributed by atoms with van der Waals surface area (Å²) in [5.74, 6) is 4.29. The van der Waals surface area contributed by atoms with Crippen molar-refractivity contribution < 1.29 is 0 Å². The normalized spacial score (nSPS) is 26.9. The van der Waals surface area contributed by atoms with Crippen LogP contribution in [-0.2, 0) is 0 Å². The minimum atomic E-state index is 0.817. The maximum absolute atomic E-state index is 2.44. The molecule has 0 fully saturated rings. The minimum Gasteiger partial charge on any atom is -0.0776 e. The second-order valence-electron chi connectivity index (χ2n) is 6.16. The Labute approximate surface area is 103 Å². The quantitative estimate of drug-likeness (QED) is 0.513. The maximum Gasteiger partial charge on any atom is -0.00458 e. The molecular formula is C16H30. The van der Waals surface area contributed by atoms with E-state index in [2.05, 4.69) is 47.6 Å². The Morgan fingerprint density at radius 1 is 1.06 bits per heavy atom. The Morgan fingerprint density at radius 3 is 2.06 bits per heavy atom. The summed E-state index contributed by atoms with van der Waals surface area (Å²) in [6, 6.07) is 0. The Morgan fingerprint density at radius 2 is 1.62 bits per heavy atom. The van der Waals surface area contributed by atoms with Crippen molar-refractivity contribution in [1.29, 1.82) is 0 Å². The second kappa shape index (κ2) is 5.89. The number of allylic oxidation sites excluding steroid dienone is 2. The molecule has 94 valence electrons. The first-order valence-electron chi connectivity index (χ1n) is 7.18. The van der Waals surface area contributed by atoms with E-state index in [0.717, 1.165) is 29.6 Å². The van der Waals surface area contributed by atoms with Gasteiger partial charge in [0.1, 0.15) is 0 Å². The van der Waals surface area contributed by atoms with E-state index < -0.39 is 0 Å². The first-order valence-corrected chi connectivity index (χ1v) is 7.18. The van der Waals surface area contributed by atoms with E-state index in [1.807, 2.05) is 0 Å². The van der Waals surface area contributed by atoms with Gasteiger partial charge >= 0.3 is 0 Å². The second-order valence-corrected chi connectivity index (χ2v) is 6.16. The molecule has 0 aromatic heterocycles.